The molecule has 14 heavy (non-hydrogen) atoms. The van der Waals surface area contributed by atoms with Crippen LogP contribution < -0.4 is 5.32 Å². The van der Waals surface area contributed by atoms with Gasteiger partial charge in [0.15, 0.2) is 0 Å². The molecule has 0 aliphatic carbocycles. The van der Waals surface area contributed by atoms with Crippen LogP contribution in [-0.4, -0.2) is 37.6 Å². The highest BCUT2D eigenvalue weighted by atomic mass is 15.2. The van der Waals surface area contributed by atoms with E-state index in [4.69, 9.17) is 0 Å². The van der Waals surface area contributed by atoms with Gasteiger partial charge in [0.25, 0.3) is 0 Å². The first-order valence-corrected chi connectivity index (χ1v) is 5.80. The summed E-state index contributed by atoms with van der Waals surface area (Å²) in [5, 5.41) is 3.48. The first-order chi connectivity index (χ1) is 6.46. The molecule has 0 heterocycles. The van der Waals surface area contributed by atoms with Crippen LogP contribution in [0.3, 0.4) is 0 Å². The summed E-state index contributed by atoms with van der Waals surface area (Å²) >= 11 is 0. The molecule has 0 aromatic heterocycles. The Bertz CT molecular complexity index is 148. The van der Waals surface area contributed by atoms with E-state index in [1.165, 1.54) is 12.8 Å². The van der Waals surface area contributed by atoms with Crippen molar-refractivity contribution in [2.24, 2.45) is 5.92 Å². The molecule has 0 aliphatic rings. The Morgan fingerprint density at radius 1 is 1.14 bits per heavy atom. The standard InChI is InChI=1S/C12H28N2/c1-8-12(9-2,14(6)7)11(13-5)10(3)4/h10-11,13H,8-9H2,1-7H3. The Morgan fingerprint density at radius 3 is 1.64 bits per heavy atom. The van der Waals surface area contributed by atoms with E-state index in [9.17, 15) is 0 Å². The van der Waals surface area contributed by atoms with E-state index in [-0.39, 0.29) is 0 Å². The van der Waals surface area contributed by atoms with Crippen molar-refractivity contribution in [1.82, 2.24) is 10.2 Å². The van der Waals surface area contributed by atoms with E-state index < -0.39 is 0 Å². The van der Waals surface area contributed by atoms with Crippen LogP contribution in [0.4, 0.5) is 0 Å². The largest absolute Gasteiger partial charge is 0.315 e. The number of hydrogen-bond donors (Lipinski definition) is 1. The first kappa shape index (κ1) is 13.9. The molecule has 0 aliphatic heterocycles. The second-order valence-corrected chi connectivity index (χ2v) is 4.72. The average Bonchev–Trinajstić information content (AvgIpc) is 2.12. The van der Waals surface area contributed by atoms with Gasteiger partial charge < -0.3 is 10.2 Å². The summed E-state index contributed by atoms with van der Waals surface area (Å²) in [4.78, 5) is 2.38. The number of likely N-dealkylation sites (N-methyl/N-ethyl adjacent to an activating group) is 2. The van der Waals surface area contributed by atoms with E-state index in [0.717, 1.165) is 0 Å². The minimum Gasteiger partial charge on any atom is -0.315 e. The molecule has 0 amide bonds. The fourth-order valence-corrected chi connectivity index (χ4v) is 2.82. The number of rotatable bonds is 6. The summed E-state index contributed by atoms with van der Waals surface area (Å²) in [5.74, 6) is 0.669. The van der Waals surface area contributed by atoms with Crippen LogP contribution >= 0.6 is 0 Å². The number of nitrogens with zero attached hydrogens (tertiary/aromatic N) is 1. The van der Waals surface area contributed by atoms with E-state index in [2.05, 4.69) is 59.1 Å². The van der Waals surface area contributed by atoms with Gasteiger partial charge in [0.1, 0.15) is 0 Å². The van der Waals surface area contributed by atoms with Crippen LogP contribution in [0, 0.1) is 5.92 Å². The quantitative estimate of drug-likeness (QED) is 0.708. The lowest BCUT2D eigenvalue weighted by molar-refractivity contribution is 0.0707. The van der Waals surface area contributed by atoms with Gasteiger partial charge in [-0.15, -0.1) is 0 Å². The zero-order valence-corrected chi connectivity index (χ0v) is 11.0. The maximum atomic E-state index is 3.48. The Labute approximate surface area is 90.1 Å². The molecule has 0 aromatic carbocycles. The number of nitrogens with one attached hydrogen (secondary N) is 1. The van der Waals surface area contributed by atoms with E-state index >= 15 is 0 Å². The molecule has 86 valence electrons. The van der Waals surface area contributed by atoms with Crippen molar-refractivity contribution in [2.45, 2.75) is 52.1 Å². The van der Waals surface area contributed by atoms with Crippen LogP contribution in [0.5, 0.6) is 0 Å². The van der Waals surface area contributed by atoms with Crippen molar-refractivity contribution < 1.29 is 0 Å². The maximum Gasteiger partial charge on any atom is 0.0353 e. The normalized spacial score (nSPS) is 15.2. The zero-order valence-electron chi connectivity index (χ0n) is 11.0. The molecule has 0 bridgehead atoms. The molecule has 2 nitrogen and oxygen atoms in total. The third-order valence-electron chi connectivity index (χ3n) is 3.67. The van der Waals surface area contributed by atoms with Crippen LogP contribution in [0.2, 0.25) is 0 Å². The molecule has 0 saturated carbocycles. The highest BCUT2D eigenvalue weighted by molar-refractivity contribution is 4.97. The highest BCUT2D eigenvalue weighted by Gasteiger charge is 2.38. The smallest absolute Gasteiger partial charge is 0.0353 e. The fourth-order valence-electron chi connectivity index (χ4n) is 2.82. The monoisotopic (exact) mass is 200 g/mol. The molecule has 1 atom stereocenters. The predicted molar refractivity (Wildman–Crippen MR) is 64.7 cm³/mol. The Morgan fingerprint density at radius 2 is 1.57 bits per heavy atom. The van der Waals surface area contributed by atoms with Gasteiger partial charge in [-0.25, -0.2) is 0 Å². The van der Waals surface area contributed by atoms with Crippen LogP contribution in [-0.2, 0) is 0 Å². The second kappa shape index (κ2) is 5.72. The SMILES string of the molecule is CCC(CC)(C(NC)C(C)C)N(C)C. The minimum atomic E-state index is 0.295. The molecule has 0 fully saturated rings. The minimum absolute atomic E-state index is 0.295. The predicted octanol–water partition coefficient (Wildman–Crippen LogP) is 2.35. The van der Waals surface area contributed by atoms with Crippen molar-refractivity contribution in [1.29, 1.82) is 0 Å². The Hall–Kier alpha value is -0.0800. The van der Waals surface area contributed by atoms with Gasteiger partial charge in [-0.05, 0) is 39.9 Å². The lowest BCUT2D eigenvalue weighted by atomic mass is 9.78. The molecule has 1 unspecified atom stereocenters. The molecular formula is C12H28N2. The Kier molecular flexibility index (Phi) is 5.68. The molecule has 0 spiro atoms. The summed E-state index contributed by atoms with van der Waals surface area (Å²) in [6, 6.07) is 0.562. The fraction of sp³-hybridized carbons (Fsp3) is 1.00. The Balaban J connectivity index is 4.93. The van der Waals surface area contributed by atoms with Crippen molar-refractivity contribution >= 4 is 0 Å². The third kappa shape index (κ3) is 2.48. The summed E-state index contributed by atoms with van der Waals surface area (Å²) in [6.07, 6.45) is 2.39. The van der Waals surface area contributed by atoms with Crippen LogP contribution in [0.15, 0.2) is 0 Å². The third-order valence-corrected chi connectivity index (χ3v) is 3.67. The molecule has 1 N–H and O–H groups in total. The van der Waals surface area contributed by atoms with E-state index in [0.29, 0.717) is 17.5 Å². The molecule has 2 heteroatoms. The maximum absolute atomic E-state index is 3.48. The first-order valence-electron chi connectivity index (χ1n) is 5.80. The van der Waals surface area contributed by atoms with Gasteiger partial charge in [0.2, 0.25) is 0 Å². The van der Waals surface area contributed by atoms with Gasteiger partial charge >= 0.3 is 0 Å². The molecule has 0 radical (unpaired) electrons. The molecular weight excluding hydrogens is 172 g/mol. The van der Waals surface area contributed by atoms with Gasteiger partial charge in [0, 0.05) is 11.6 Å². The highest BCUT2D eigenvalue weighted by Crippen LogP contribution is 2.29. The lowest BCUT2D eigenvalue weighted by Gasteiger charge is -2.47. The zero-order chi connectivity index (χ0) is 11.4. The summed E-state index contributed by atoms with van der Waals surface area (Å²) < 4.78 is 0. The van der Waals surface area contributed by atoms with Crippen molar-refractivity contribution in [3.05, 3.63) is 0 Å². The topological polar surface area (TPSA) is 15.3 Å². The lowest BCUT2D eigenvalue weighted by Crippen LogP contribution is -2.59. The van der Waals surface area contributed by atoms with Gasteiger partial charge in [-0.3, -0.25) is 0 Å². The number of hydrogen-bond acceptors (Lipinski definition) is 2. The van der Waals surface area contributed by atoms with E-state index in [1.807, 2.05) is 0 Å². The molecule has 0 aromatic rings. The summed E-state index contributed by atoms with van der Waals surface area (Å²) in [6.45, 7) is 9.17. The molecule has 0 saturated heterocycles. The van der Waals surface area contributed by atoms with Crippen molar-refractivity contribution in [3.8, 4) is 0 Å². The van der Waals surface area contributed by atoms with E-state index in [1.54, 1.807) is 0 Å². The van der Waals surface area contributed by atoms with Crippen molar-refractivity contribution in [2.75, 3.05) is 21.1 Å². The summed E-state index contributed by atoms with van der Waals surface area (Å²) in [5.41, 5.74) is 0.295. The van der Waals surface area contributed by atoms with Crippen molar-refractivity contribution in [3.63, 3.8) is 0 Å². The molecule has 0 rings (SSSR count). The van der Waals surface area contributed by atoms with Gasteiger partial charge in [0.05, 0.1) is 0 Å². The average molecular weight is 200 g/mol. The second-order valence-electron chi connectivity index (χ2n) is 4.72. The van der Waals surface area contributed by atoms with Crippen LogP contribution in [0.1, 0.15) is 40.5 Å². The van der Waals surface area contributed by atoms with Gasteiger partial charge in [-0.2, -0.15) is 0 Å². The van der Waals surface area contributed by atoms with Gasteiger partial charge in [-0.1, -0.05) is 27.7 Å². The summed E-state index contributed by atoms with van der Waals surface area (Å²) in [7, 11) is 6.47. The van der Waals surface area contributed by atoms with Crippen LogP contribution in [0.25, 0.3) is 0 Å².